The molecule has 0 spiro atoms. The number of rotatable bonds is 16. The number of anilines is 1. The van der Waals surface area contributed by atoms with E-state index in [-0.39, 0.29) is 24.5 Å². The second-order valence-electron chi connectivity index (χ2n) is 10.4. The summed E-state index contributed by atoms with van der Waals surface area (Å²) in [6, 6.07) is 9.89. The summed E-state index contributed by atoms with van der Waals surface area (Å²) in [6.07, 6.45) is 4.82. The fourth-order valence-electron chi connectivity index (χ4n) is 4.85. The van der Waals surface area contributed by atoms with Gasteiger partial charge in [-0.05, 0) is 58.7 Å². The maximum Gasteiger partial charge on any atom is 0.459 e. The van der Waals surface area contributed by atoms with Gasteiger partial charge in [0.15, 0.2) is 5.82 Å². The predicted octanol–water partition coefficient (Wildman–Crippen LogP) is 5.96. The van der Waals surface area contributed by atoms with Gasteiger partial charge < -0.3 is 24.3 Å². The van der Waals surface area contributed by atoms with E-state index in [4.69, 9.17) is 29.2 Å². The van der Waals surface area contributed by atoms with E-state index in [2.05, 4.69) is 26.5 Å². The van der Waals surface area contributed by atoms with Gasteiger partial charge in [-0.3, -0.25) is 14.3 Å². The first-order valence-corrected chi connectivity index (χ1v) is 16.1. The van der Waals surface area contributed by atoms with Crippen LogP contribution in [0.4, 0.5) is 5.82 Å². The van der Waals surface area contributed by atoms with Gasteiger partial charge in [-0.2, -0.15) is 5.09 Å². The van der Waals surface area contributed by atoms with Crippen LogP contribution >= 0.6 is 7.75 Å². The van der Waals surface area contributed by atoms with Crippen molar-refractivity contribution in [1.82, 2.24) is 24.6 Å². The van der Waals surface area contributed by atoms with E-state index in [9.17, 15) is 9.36 Å². The first-order chi connectivity index (χ1) is 20.7. The summed E-state index contributed by atoms with van der Waals surface area (Å²) in [6.45, 7) is 9.95. The van der Waals surface area contributed by atoms with E-state index in [1.54, 1.807) is 32.9 Å². The summed E-state index contributed by atoms with van der Waals surface area (Å²) in [5.41, 5.74) is 8.63. The lowest BCUT2D eigenvalue weighted by molar-refractivity contribution is -0.149. The predicted molar refractivity (Wildman–Crippen MR) is 166 cm³/mol. The first kappa shape index (κ1) is 32.3. The van der Waals surface area contributed by atoms with Crippen molar-refractivity contribution in [3.8, 4) is 5.75 Å². The van der Waals surface area contributed by atoms with Crippen molar-refractivity contribution in [3.63, 3.8) is 0 Å². The molecule has 0 aliphatic rings. The molecule has 43 heavy (non-hydrogen) atoms. The van der Waals surface area contributed by atoms with Gasteiger partial charge in [-0.15, -0.1) is 0 Å². The lowest BCUT2D eigenvalue weighted by atomic mass is 10.1. The number of nitrogens with one attached hydrogen (secondary N) is 1. The average Bonchev–Trinajstić information content (AvgIpc) is 3.36. The molecule has 3 N–H and O–H groups in total. The molecule has 0 aliphatic heterocycles. The van der Waals surface area contributed by atoms with Crippen LogP contribution in [-0.2, 0) is 30.0 Å². The number of aromatic nitrogens is 4. The van der Waals surface area contributed by atoms with Crippen molar-refractivity contribution in [2.75, 3.05) is 18.9 Å². The van der Waals surface area contributed by atoms with Crippen LogP contribution in [0.5, 0.6) is 5.75 Å². The molecule has 0 saturated carbocycles. The van der Waals surface area contributed by atoms with Gasteiger partial charge >= 0.3 is 13.7 Å². The highest BCUT2D eigenvalue weighted by Gasteiger charge is 2.33. The van der Waals surface area contributed by atoms with Gasteiger partial charge in [-0.1, -0.05) is 31.5 Å². The van der Waals surface area contributed by atoms with Gasteiger partial charge in [0.05, 0.1) is 23.7 Å². The van der Waals surface area contributed by atoms with E-state index < -0.39 is 19.8 Å². The number of pyridine rings is 2. The monoisotopic (exact) mass is 612 g/mol. The number of carbonyl (C=O) groups is 1. The maximum absolute atomic E-state index is 14.0. The molecule has 0 unspecified atom stereocenters. The van der Waals surface area contributed by atoms with Gasteiger partial charge in [0, 0.05) is 30.4 Å². The van der Waals surface area contributed by atoms with Crippen LogP contribution in [0, 0.1) is 0 Å². The molecule has 0 radical (unpaired) electrons. The molecular weight excluding hydrogens is 571 g/mol. The van der Waals surface area contributed by atoms with Gasteiger partial charge in [0.1, 0.15) is 29.7 Å². The molecule has 3 aromatic heterocycles. The van der Waals surface area contributed by atoms with Gasteiger partial charge in [0.2, 0.25) is 0 Å². The highest BCUT2D eigenvalue weighted by atomic mass is 31.2. The number of ether oxygens (including phenoxy) is 2. The maximum atomic E-state index is 14.0. The molecule has 0 saturated heterocycles. The molecule has 3 atom stereocenters. The smallest absolute Gasteiger partial charge is 0.459 e. The van der Waals surface area contributed by atoms with Crippen LogP contribution in [0.1, 0.15) is 65.7 Å². The minimum atomic E-state index is -4.03. The minimum Gasteiger partial charge on any atom is -0.462 e. The molecule has 4 aromatic rings. The number of hydrogen-bond donors (Lipinski definition) is 2. The molecule has 0 bridgehead atoms. The fourth-order valence-corrected chi connectivity index (χ4v) is 6.36. The van der Waals surface area contributed by atoms with Gasteiger partial charge in [-0.25, -0.2) is 14.5 Å². The lowest BCUT2D eigenvalue weighted by Gasteiger charge is -2.25. The molecule has 0 aliphatic carbocycles. The van der Waals surface area contributed by atoms with Crippen LogP contribution in [0.25, 0.3) is 21.9 Å². The number of hydrogen-bond acceptors (Lipinski definition) is 10. The molecule has 0 fully saturated rings. The lowest BCUT2D eigenvalue weighted by Crippen LogP contribution is -2.36. The summed E-state index contributed by atoms with van der Waals surface area (Å²) >= 11 is 0. The Morgan fingerprint density at radius 3 is 2.51 bits per heavy atom. The number of imidazole rings is 1. The minimum absolute atomic E-state index is 0.0538. The van der Waals surface area contributed by atoms with E-state index in [1.807, 2.05) is 31.2 Å². The standard InChI is InChI=1S/C30H41N6O6P/c1-6-10-22(36-26(19-39-7-2)34-27-28(36)24-11-8-9-12-25(24)33-29(27)31)15-18-40-43(38,42-23-13-16-32-17-14-23)35-21(5)30(37)41-20(3)4/h8-9,11-14,16-17,20-22H,6-7,10,15,18-19H2,1-5H3,(H2,31,33)(H,35,38)/t21-,22+,43-/m0/s1. The van der Waals surface area contributed by atoms with Crippen LogP contribution in [0.15, 0.2) is 48.8 Å². The number of carbonyl (C=O) groups excluding carboxylic acids is 1. The Balaban J connectivity index is 1.65. The Hall–Kier alpha value is -3.57. The second-order valence-corrected chi connectivity index (χ2v) is 12.1. The van der Waals surface area contributed by atoms with Crippen molar-refractivity contribution in [2.45, 2.75) is 78.7 Å². The molecule has 13 heteroatoms. The first-order valence-electron chi connectivity index (χ1n) is 14.6. The summed E-state index contributed by atoms with van der Waals surface area (Å²) in [4.78, 5) is 25.9. The molecule has 3 heterocycles. The van der Waals surface area contributed by atoms with Crippen molar-refractivity contribution in [2.24, 2.45) is 0 Å². The summed E-state index contributed by atoms with van der Waals surface area (Å²) < 4.78 is 39.0. The van der Waals surface area contributed by atoms with E-state index >= 15 is 0 Å². The number of para-hydroxylation sites is 1. The third kappa shape index (κ3) is 8.08. The van der Waals surface area contributed by atoms with Crippen LogP contribution in [0.3, 0.4) is 0 Å². The quantitative estimate of drug-likeness (QED) is 0.114. The van der Waals surface area contributed by atoms with Crippen LogP contribution in [0.2, 0.25) is 0 Å². The third-order valence-electron chi connectivity index (χ3n) is 6.69. The van der Waals surface area contributed by atoms with Crippen molar-refractivity contribution >= 4 is 41.5 Å². The van der Waals surface area contributed by atoms with Crippen LogP contribution < -0.4 is 15.3 Å². The SMILES string of the molecule is CCC[C@H](CCO[P@@](=O)(N[C@@H](C)C(=O)OC(C)C)Oc1ccncc1)n1c(COCC)nc2c(N)nc3ccccc3c21. The summed E-state index contributed by atoms with van der Waals surface area (Å²) in [5.74, 6) is 0.789. The number of benzene rings is 1. The van der Waals surface area contributed by atoms with Crippen molar-refractivity contribution in [1.29, 1.82) is 0 Å². The largest absolute Gasteiger partial charge is 0.462 e. The number of nitrogen functional groups attached to an aromatic ring is 1. The van der Waals surface area contributed by atoms with E-state index in [0.29, 0.717) is 31.0 Å². The molecule has 12 nitrogen and oxygen atoms in total. The molecule has 4 rings (SSSR count). The van der Waals surface area contributed by atoms with Crippen molar-refractivity contribution in [3.05, 3.63) is 54.6 Å². The zero-order chi connectivity index (χ0) is 31.0. The zero-order valence-corrected chi connectivity index (χ0v) is 26.3. The van der Waals surface area contributed by atoms with Crippen LogP contribution in [-0.4, -0.2) is 50.8 Å². The molecule has 232 valence electrons. The third-order valence-corrected chi connectivity index (χ3v) is 8.37. The number of nitrogens with two attached hydrogens (primary N) is 1. The second kappa shape index (κ2) is 14.7. The van der Waals surface area contributed by atoms with Gasteiger partial charge in [0.25, 0.3) is 0 Å². The fraction of sp³-hybridized carbons (Fsp3) is 0.467. The Labute approximate surface area is 251 Å². The van der Waals surface area contributed by atoms with E-state index in [0.717, 1.165) is 35.1 Å². The Morgan fingerprint density at radius 1 is 1.07 bits per heavy atom. The number of esters is 1. The molecule has 0 amide bonds. The Morgan fingerprint density at radius 2 is 1.81 bits per heavy atom. The average molecular weight is 613 g/mol. The summed E-state index contributed by atoms with van der Waals surface area (Å²) in [5, 5.41) is 3.67. The number of nitrogens with zero attached hydrogens (tertiary/aromatic N) is 4. The zero-order valence-electron chi connectivity index (χ0n) is 25.4. The Bertz CT molecular complexity index is 1560. The normalized spacial score (nSPS) is 14.6. The molecule has 1 aromatic carbocycles. The Kier molecular flexibility index (Phi) is 11.1. The summed E-state index contributed by atoms with van der Waals surface area (Å²) in [7, 11) is -4.03. The topological polar surface area (TPSA) is 153 Å². The van der Waals surface area contributed by atoms with Crippen molar-refractivity contribution < 1.29 is 27.9 Å². The number of fused-ring (bicyclic) bond motifs is 3. The highest BCUT2D eigenvalue weighted by Crippen LogP contribution is 2.45. The van der Waals surface area contributed by atoms with E-state index in [1.165, 1.54) is 12.4 Å². The highest BCUT2D eigenvalue weighted by molar-refractivity contribution is 7.52. The molecular formula is C30H41N6O6P.